The molecule has 8 nitrogen and oxygen atoms in total. The van der Waals surface area contributed by atoms with Crippen LogP contribution >= 0.6 is 0 Å². The van der Waals surface area contributed by atoms with Crippen LogP contribution in [0, 0.1) is 10.1 Å². The van der Waals surface area contributed by atoms with Gasteiger partial charge in [-0.2, -0.15) is 0 Å². The molecule has 1 unspecified atom stereocenters. The average Bonchev–Trinajstić information content (AvgIpc) is 3.43. The number of likely N-dealkylation sites (tertiary alicyclic amines) is 1. The number of benzene rings is 2. The van der Waals surface area contributed by atoms with Crippen LogP contribution in [0.1, 0.15) is 35.2 Å². The van der Waals surface area contributed by atoms with Crippen molar-refractivity contribution in [3.05, 3.63) is 70.2 Å². The summed E-state index contributed by atoms with van der Waals surface area (Å²) < 4.78 is 0. The minimum absolute atomic E-state index is 0.0354. The molecular formula is C20H17N5O3. The van der Waals surface area contributed by atoms with Crippen LogP contribution in [-0.2, 0) is 0 Å². The van der Waals surface area contributed by atoms with Crippen LogP contribution in [0.3, 0.4) is 0 Å². The SMILES string of the molecule is O=C(c1cc2cccc([N+](=O)[O-])c2[nH]1)N1CCCC1c1nc2ccccc2[nH]1. The standard InChI is InChI=1S/C20H17N5O3/c26-20(15-11-12-5-3-8-16(25(27)28)18(12)21-15)24-10-4-9-17(24)19-22-13-6-1-2-7-14(13)23-19/h1-3,5-8,11,17,21H,4,9-10H2,(H,22,23). The van der Waals surface area contributed by atoms with Gasteiger partial charge in [-0.05, 0) is 31.0 Å². The predicted molar refractivity (Wildman–Crippen MR) is 104 cm³/mol. The van der Waals surface area contributed by atoms with E-state index >= 15 is 0 Å². The highest BCUT2D eigenvalue weighted by Gasteiger charge is 2.33. The monoisotopic (exact) mass is 375 g/mol. The summed E-state index contributed by atoms with van der Waals surface area (Å²) in [5.41, 5.74) is 2.51. The first kappa shape index (κ1) is 16.5. The van der Waals surface area contributed by atoms with Crippen LogP contribution in [-0.4, -0.2) is 37.2 Å². The van der Waals surface area contributed by atoms with E-state index in [-0.39, 0.29) is 17.6 Å². The summed E-state index contributed by atoms with van der Waals surface area (Å²) in [7, 11) is 0. The van der Waals surface area contributed by atoms with Gasteiger partial charge >= 0.3 is 0 Å². The summed E-state index contributed by atoms with van der Waals surface area (Å²) in [5, 5.41) is 11.9. The number of non-ortho nitro benzene ring substituents is 1. The Morgan fingerprint density at radius 3 is 2.86 bits per heavy atom. The topological polar surface area (TPSA) is 108 Å². The lowest BCUT2D eigenvalue weighted by Crippen LogP contribution is -2.31. The van der Waals surface area contributed by atoms with Crippen molar-refractivity contribution in [3.63, 3.8) is 0 Å². The Morgan fingerprint density at radius 2 is 2.04 bits per heavy atom. The first-order chi connectivity index (χ1) is 13.6. The number of hydrogen-bond donors (Lipinski definition) is 2. The molecule has 0 saturated carbocycles. The van der Waals surface area contributed by atoms with Crippen LogP contribution < -0.4 is 0 Å². The zero-order valence-electron chi connectivity index (χ0n) is 14.9. The number of para-hydroxylation sites is 3. The normalized spacial score (nSPS) is 16.9. The van der Waals surface area contributed by atoms with Gasteiger partial charge in [0.25, 0.3) is 11.6 Å². The number of nitrogens with zero attached hydrogens (tertiary/aromatic N) is 3. The van der Waals surface area contributed by atoms with Gasteiger partial charge in [0.1, 0.15) is 17.0 Å². The molecule has 2 N–H and O–H groups in total. The number of carbonyl (C=O) groups excluding carboxylic acids is 1. The van der Waals surface area contributed by atoms with Crippen LogP contribution in [0.15, 0.2) is 48.5 Å². The number of imidazole rings is 1. The Morgan fingerprint density at radius 1 is 1.18 bits per heavy atom. The molecule has 1 aliphatic heterocycles. The highest BCUT2D eigenvalue weighted by atomic mass is 16.6. The first-order valence-corrected chi connectivity index (χ1v) is 9.13. The van der Waals surface area contributed by atoms with E-state index in [4.69, 9.17) is 0 Å². The Kier molecular flexibility index (Phi) is 3.65. The number of carbonyl (C=O) groups is 1. The van der Waals surface area contributed by atoms with E-state index in [0.29, 0.717) is 23.1 Å². The van der Waals surface area contributed by atoms with E-state index in [2.05, 4.69) is 15.0 Å². The Hall–Kier alpha value is -3.68. The highest BCUT2D eigenvalue weighted by Crippen LogP contribution is 2.33. The third-order valence-corrected chi connectivity index (χ3v) is 5.30. The maximum Gasteiger partial charge on any atom is 0.293 e. The van der Waals surface area contributed by atoms with Gasteiger partial charge in [0, 0.05) is 18.0 Å². The van der Waals surface area contributed by atoms with E-state index in [1.807, 2.05) is 24.3 Å². The lowest BCUT2D eigenvalue weighted by Gasteiger charge is -2.22. The van der Waals surface area contributed by atoms with Crippen molar-refractivity contribution in [2.75, 3.05) is 6.54 Å². The number of nitro benzene ring substituents is 1. The molecule has 1 amide bonds. The molecular weight excluding hydrogens is 358 g/mol. The Bertz CT molecular complexity index is 1190. The number of aromatic amines is 2. The van der Waals surface area contributed by atoms with Crippen LogP contribution in [0.2, 0.25) is 0 Å². The van der Waals surface area contributed by atoms with E-state index < -0.39 is 4.92 Å². The molecule has 140 valence electrons. The second-order valence-corrected chi connectivity index (χ2v) is 6.98. The number of aromatic nitrogens is 3. The molecule has 0 aliphatic carbocycles. The van der Waals surface area contributed by atoms with Gasteiger partial charge in [0.05, 0.1) is 22.0 Å². The number of amides is 1. The van der Waals surface area contributed by atoms with E-state index in [0.717, 1.165) is 29.7 Å². The second kappa shape index (κ2) is 6.19. The van der Waals surface area contributed by atoms with Crippen molar-refractivity contribution in [1.29, 1.82) is 0 Å². The molecule has 5 rings (SSSR count). The van der Waals surface area contributed by atoms with Gasteiger partial charge in [-0.25, -0.2) is 4.98 Å². The molecule has 28 heavy (non-hydrogen) atoms. The second-order valence-electron chi connectivity index (χ2n) is 6.98. The van der Waals surface area contributed by atoms with Crippen molar-refractivity contribution < 1.29 is 9.72 Å². The molecule has 8 heteroatoms. The lowest BCUT2D eigenvalue weighted by atomic mass is 10.2. The molecule has 1 aliphatic rings. The maximum absolute atomic E-state index is 13.2. The first-order valence-electron chi connectivity index (χ1n) is 9.13. The number of rotatable bonds is 3. The van der Waals surface area contributed by atoms with E-state index in [9.17, 15) is 14.9 Å². The highest BCUT2D eigenvalue weighted by molar-refractivity contribution is 6.00. The van der Waals surface area contributed by atoms with Crippen LogP contribution in [0.4, 0.5) is 5.69 Å². The van der Waals surface area contributed by atoms with Crippen LogP contribution in [0.25, 0.3) is 21.9 Å². The Balaban J connectivity index is 1.51. The molecule has 0 radical (unpaired) electrons. The molecule has 0 bridgehead atoms. The largest absolute Gasteiger partial charge is 0.345 e. The third-order valence-electron chi connectivity index (χ3n) is 5.30. The fourth-order valence-corrected chi connectivity index (χ4v) is 3.99. The minimum Gasteiger partial charge on any atom is -0.345 e. The molecule has 4 aromatic rings. The third kappa shape index (κ3) is 2.53. The zero-order chi connectivity index (χ0) is 19.3. The van der Waals surface area contributed by atoms with Crippen molar-refractivity contribution in [3.8, 4) is 0 Å². The summed E-state index contributed by atoms with van der Waals surface area (Å²) >= 11 is 0. The zero-order valence-corrected chi connectivity index (χ0v) is 14.9. The van der Waals surface area contributed by atoms with E-state index in [1.165, 1.54) is 6.07 Å². The summed E-state index contributed by atoms with van der Waals surface area (Å²) in [6.07, 6.45) is 1.71. The van der Waals surface area contributed by atoms with Gasteiger partial charge < -0.3 is 14.9 Å². The fraction of sp³-hybridized carbons (Fsp3) is 0.200. The molecule has 2 aromatic heterocycles. The predicted octanol–water partition coefficient (Wildman–Crippen LogP) is 3.93. The maximum atomic E-state index is 13.2. The molecule has 2 aromatic carbocycles. The van der Waals surface area contributed by atoms with Gasteiger partial charge in [-0.15, -0.1) is 0 Å². The number of H-pyrrole nitrogens is 2. The molecule has 1 saturated heterocycles. The number of hydrogen-bond acceptors (Lipinski definition) is 4. The van der Waals surface area contributed by atoms with Crippen molar-refractivity contribution in [2.24, 2.45) is 0 Å². The minimum atomic E-state index is -0.444. The summed E-state index contributed by atoms with van der Waals surface area (Å²) in [5.74, 6) is 0.600. The molecule has 1 fully saturated rings. The quantitative estimate of drug-likeness (QED) is 0.418. The van der Waals surface area contributed by atoms with Crippen LogP contribution in [0.5, 0.6) is 0 Å². The number of nitro groups is 1. The molecule has 0 spiro atoms. The van der Waals surface area contributed by atoms with Gasteiger partial charge in [0.15, 0.2) is 0 Å². The molecule has 1 atom stereocenters. The van der Waals surface area contributed by atoms with Gasteiger partial charge in [-0.3, -0.25) is 14.9 Å². The smallest absolute Gasteiger partial charge is 0.293 e. The summed E-state index contributed by atoms with van der Waals surface area (Å²) in [6.45, 7) is 0.623. The number of nitrogens with one attached hydrogen (secondary N) is 2. The van der Waals surface area contributed by atoms with Gasteiger partial charge in [-0.1, -0.05) is 24.3 Å². The van der Waals surface area contributed by atoms with Crippen molar-refractivity contribution in [1.82, 2.24) is 19.9 Å². The molecule has 3 heterocycles. The summed E-state index contributed by atoms with van der Waals surface area (Å²) in [4.78, 5) is 36.7. The lowest BCUT2D eigenvalue weighted by molar-refractivity contribution is -0.383. The Labute approximate surface area is 159 Å². The number of fused-ring (bicyclic) bond motifs is 2. The fourth-order valence-electron chi connectivity index (χ4n) is 3.99. The van der Waals surface area contributed by atoms with Crippen molar-refractivity contribution >= 4 is 33.5 Å². The van der Waals surface area contributed by atoms with E-state index in [1.54, 1.807) is 23.1 Å². The summed E-state index contributed by atoms with van der Waals surface area (Å²) in [6, 6.07) is 14.1. The van der Waals surface area contributed by atoms with Crippen molar-refractivity contribution in [2.45, 2.75) is 18.9 Å². The van der Waals surface area contributed by atoms with Gasteiger partial charge in [0.2, 0.25) is 0 Å². The average molecular weight is 375 g/mol.